The lowest BCUT2D eigenvalue weighted by molar-refractivity contribution is 0.306. The Kier molecular flexibility index (Phi) is 2.83. The van der Waals surface area contributed by atoms with E-state index in [1.54, 1.807) is 12.4 Å². The molecule has 3 rings (SSSR count). The summed E-state index contributed by atoms with van der Waals surface area (Å²) in [5, 5.41) is 1.13. The summed E-state index contributed by atoms with van der Waals surface area (Å²) in [5.41, 5.74) is 8.96. The van der Waals surface area contributed by atoms with Crippen LogP contribution in [0, 0.1) is 0 Å². The van der Waals surface area contributed by atoms with E-state index in [1.807, 2.05) is 35.9 Å². The summed E-state index contributed by atoms with van der Waals surface area (Å²) < 4.78 is 7.77. The molecule has 2 heterocycles. The Balaban J connectivity index is 1.92. The maximum Gasteiger partial charge on any atom is 0.138 e. The average molecular weight is 253 g/mol. The van der Waals surface area contributed by atoms with Gasteiger partial charge in [-0.05, 0) is 18.2 Å². The van der Waals surface area contributed by atoms with Crippen LogP contribution in [0.15, 0.2) is 48.9 Å². The molecule has 0 amide bonds. The van der Waals surface area contributed by atoms with Crippen LogP contribution >= 0.6 is 0 Å². The van der Waals surface area contributed by atoms with Crippen LogP contribution in [0.4, 0.5) is 5.69 Å². The lowest BCUT2D eigenvalue weighted by atomic mass is 10.1. The van der Waals surface area contributed by atoms with Crippen LogP contribution < -0.4 is 10.5 Å². The smallest absolute Gasteiger partial charge is 0.138 e. The Bertz CT molecular complexity index is 704. The minimum absolute atomic E-state index is 0.506. The lowest BCUT2D eigenvalue weighted by Gasteiger charge is -2.04. The molecule has 2 N–H and O–H groups in total. The second-order valence-electron chi connectivity index (χ2n) is 4.49. The molecule has 1 aromatic carbocycles. The molecule has 0 fully saturated rings. The Morgan fingerprint density at radius 2 is 2.16 bits per heavy atom. The van der Waals surface area contributed by atoms with Crippen molar-refractivity contribution in [3.63, 3.8) is 0 Å². The Labute approximate surface area is 111 Å². The number of aromatic nitrogens is 2. The number of benzene rings is 1. The van der Waals surface area contributed by atoms with E-state index in [0.717, 1.165) is 27.9 Å². The first kappa shape index (κ1) is 11.6. The quantitative estimate of drug-likeness (QED) is 0.730. The Morgan fingerprint density at radius 1 is 1.26 bits per heavy atom. The first-order valence-electron chi connectivity index (χ1n) is 6.11. The maximum absolute atomic E-state index is 6.01. The van der Waals surface area contributed by atoms with Crippen molar-refractivity contribution >= 4 is 16.6 Å². The van der Waals surface area contributed by atoms with Gasteiger partial charge in [-0.1, -0.05) is 12.1 Å². The van der Waals surface area contributed by atoms with Crippen molar-refractivity contribution in [3.8, 4) is 5.75 Å². The molecule has 0 spiro atoms. The largest absolute Gasteiger partial charge is 0.487 e. The zero-order valence-electron chi connectivity index (χ0n) is 10.7. The number of hydrogen-bond acceptors (Lipinski definition) is 3. The van der Waals surface area contributed by atoms with Gasteiger partial charge in [0, 0.05) is 30.4 Å². The van der Waals surface area contributed by atoms with Crippen LogP contribution in [0.3, 0.4) is 0 Å². The highest BCUT2D eigenvalue weighted by Gasteiger charge is 2.09. The molecular formula is C15H15N3O. The standard InChI is InChI=1S/C15H15N3O/c1-18-9-11(10-19-12-4-3-7-17-8-12)13-5-2-6-14(16)15(13)18/h2-9H,10,16H2,1H3. The number of ether oxygens (including phenoxy) is 1. The summed E-state index contributed by atoms with van der Waals surface area (Å²) in [6.45, 7) is 0.506. The molecule has 0 radical (unpaired) electrons. The van der Waals surface area contributed by atoms with E-state index in [9.17, 15) is 0 Å². The summed E-state index contributed by atoms with van der Waals surface area (Å²) in [5.74, 6) is 0.767. The number of rotatable bonds is 3. The third-order valence-electron chi connectivity index (χ3n) is 3.14. The molecule has 0 atom stereocenters. The van der Waals surface area contributed by atoms with Crippen molar-refractivity contribution in [2.75, 3.05) is 5.73 Å². The van der Waals surface area contributed by atoms with Crippen molar-refractivity contribution in [1.82, 2.24) is 9.55 Å². The van der Waals surface area contributed by atoms with E-state index >= 15 is 0 Å². The van der Waals surface area contributed by atoms with Crippen LogP contribution in [-0.4, -0.2) is 9.55 Å². The van der Waals surface area contributed by atoms with Gasteiger partial charge in [0.1, 0.15) is 12.4 Å². The van der Waals surface area contributed by atoms with Gasteiger partial charge in [-0.2, -0.15) is 0 Å². The number of anilines is 1. The van der Waals surface area contributed by atoms with E-state index in [-0.39, 0.29) is 0 Å². The highest BCUT2D eigenvalue weighted by molar-refractivity contribution is 5.93. The third kappa shape index (κ3) is 2.12. The number of nitrogen functional groups attached to an aromatic ring is 1. The summed E-state index contributed by atoms with van der Waals surface area (Å²) in [7, 11) is 1.99. The lowest BCUT2D eigenvalue weighted by Crippen LogP contribution is -1.94. The van der Waals surface area contributed by atoms with Crippen molar-refractivity contribution in [2.24, 2.45) is 7.05 Å². The predicted molar refractivity (Wildman–Crippen MR) is 75.9 cm³/mol. The van der Waals surface area contributed by atoms with Crippen LogP contribution in [-0.2, 0) is 13.7 Å². The molecule has 0 aliphatic carbocycles. The molecule has 0 bridgehead atoms. The molecule has 0 saturated carbocycles. The third-order valence-corrected chi connectivity index (χ3v) is 3.14. The number of para-hydroxylation sites is 1. The molecule has 0 aliphatic heterocycles. The van der Waals surface area contributed by atoms with Crippen molar-refractivity contribution < 1.29 is 4.74 Å². The first-order valence-corrected chi connectivity index (χ1v) is 6.11. The number of hydrogen-bond donors (Lipinski definition) is 1. The van der Waals surface area contributed by atoms with E-state index in [4.69, 9.17) is 10.5 Å². The molecule has 2 aromatic heterocycles. The topological polar surface area (TPSA) is 53.1 Å². The molecule has 3 aromatic rings. The van der Waals surface area contributed by atoms with Gasteiger partial charge in [0.25, 0.3) is 0 Å². The second-order valence-corrected chi connectivity index (χ2v) is 4.49. The molecular weight excluding hydrogens is 238 g/mol. The van der Waals surface area contributed by atoms with E-state index < -0.39 is 0 Å². The highest BCUT2D eigenvalue weighted by atomic mass is 16.5. The van der Waals surface area contributed by atoms with Gasteiger partial charge < -0.3 is 15.0 Å². The van der Waals surface area contributed by atoms with Crippen LogP contribution in [0.5, 0.6) is 5.75 Å². The maximum atomic E-state index is 6.01. The zero-order chi connectivity index (χ0) is 13.2. The molecule has 4 nitrogen and oxygen atoms in total. The summed E-state index contributed by atoms with van der Waals surface area (Å²) in [6.07, 6.45) is 5.49. The summed E-state index contributed by atoms with van der Waals surface area (Å²) in [4.78, 5) is 4.03. The van der Waals surface area contributed by atoms with Gasteiger partial charge in [0.05, 0.1) is 17.4 Å². The van der Waals surface area contributed by atoms with Gasteiger partial charge in [-0.25, -0.2) is 0 Å². The van der Waals surface area contributed by atoms with Crippen LogP contribution in [0.25, 0.3) is 10.9 Å². The molecule has 4 heteroatoms. The fourth-order valence-corrected chi connectivity index (χ4v) is 2.29. The van der Waals surface area contributed by atoms with Gasteiger partial charge in [-0.15, -0.1) is 0 Å². The SMILES string of the molecule is Cn1cc(COc2cccnc2)c2cccc(N)c21. The van der Waals surface area contributed by atoms with Gasteiger partial charge in [0.15, 0.2) is 0 Å². The molecule has 0 saturated heterocycles. The summed E-state index contributed by atoms with van der Waals surface area (Å²) in [6, 6.07) is 9.69. The molecule has 19 heavy (non-hydrogen) atoms. The number of aryl methyl sites for hydroxylation is 1. The summed E-state index contributed by atoms with van der Waals surface area (Å²) >= 11 is 0. The van der Waals surface area contributed by atoms with E-state index in [0.29, 0.717) is 6.61 Å². The minimum Gasteiger partial charge on any atom is -0.487 e. The van der Waals surface area contributed by atoms with Crippen molar-refractivity contribution in [2.45, 2.75) is 6.61 Å². The number of nitrogens with zero attached hydrogens (tertiary/aromatic N) is 2. The van der Waals surface area contributed by atoms with E-state index in [1.165, 1.54) is 0 Å². The van der Waals surface area contributed by atoms with Crippen LogP contribution in [0.2, 0.25) is 0 Å². The van der Waals surface area contributed by atoms with Gasteiger partial charge in [0.2, 0.25) is 0 Å². The monoisotopic (exact) mass is 253 g/mol. The Hall–Kier alpha value is -2.49. The van der Waals surface area contributed by atoms with Crippen molar-refractivity contribution in [3.05, 3.63) is 54.5 Å². The minimum atomic E-state index is 0.506. The fourth-order valence-electron chi connectivity index (χ4n) is 2.29. The van der Waals surface area contributed by atoms with Gasteiger partial charge in [-0.3, -0.25) is 4.98 Å². The van der Waals surface area contributed by atoms with E-state index in [2.05, 4.69) is 17.2 Å². The first-order chi connectivity index (χ1) is 9.25. The number of fused-ring (bicyclic) bond motifs is 1. The second kappa shape index (κ2) is 4.65. The zero-order valence-corrected chi connectivity index (χ0v) is 10.7. The molecule has 0 aliphatic rings. The number of pyridine rings is 1. The van der Waals surface area contributed by atoms with Gasteiger partial charge >= 0.3 is 0 Å². The average Bonchev–Trinajstić information content (AvgIpc) is 2.76. The van der Waals surface area contributed by atoms with Crippen LogP contribution in [0.1, 0.15) is 5.56 Å². The number of nitrogens with two attached hydrogens (primary N) is 1. The molecule has 96 valence electrons. The predicted octanol–water partition coefficient (Wildman–Crippen LogP) is 2.73. The Morgan fingerprint density at radius 3 is 2.95 bits per heavy atom. The fraction of sp³-hybridized carbons (Fsp3) is 0.133. The normalized spacial score (nSPS) is 10.8. The van der Waals surface area contributed by atoms with Crippen molar-refractivity contribution in [1.29, 1.82) is 0 Å². The molecule has 0 unspecified atom stereocenters. The highest BCUT2D eigenvalue weighted by Crippen LogP contribution is 2.26.